The Labute approximate surface area is 123 Å². The molecule has 2 aromatic heterocycles. The summed E-state index contributed by atoms with van der Waals surface area (Å²) in [5.74, 6) is 0. The van der Waals surface area contributed by atoms with Crippen molar-refractivity contribution in [2.45, 2.75) is 33.6 Å². The molecule has 0 amide bonds. The summed E-state index contributed by atoms with van der Waals surface area (Å²) in [7, 11) is 0. The highest BCUT2D eigenvalue weighted by atomic mass is 32.1. The first kappa shape index (κ1) is 14.3. The van der Waals surface area contributed by atoms with Crippen molar-refractivity contribution in [3.63, 3.8) is 0 Å². The van der Waals surface area contributed by atoms with E-state index >= 15 is 0 Å². The molecule has 0 unspecified atom stereocenters. The molecule has 2 heterocycles. The molecule has 0 spiro atoms. The molecule has 0 fully saturated rings. The Balaban J connectivity index is 0.000000148. The first-order valence-corrected chi connectivity index (χ1v) is 8.44. The van der Waals surface area contributed by atoms with Crippen LogP contribution in [-0.2, 0) is 12.8 Å². The monoisotopic (exact) mass is 288 g/mol. The van der Waals surface area contributed by atoms with Crippen molar-refractivity contribution in [3.05, 3.63) is 57.1 Å². The fourth-order valence-electron chi connectivity index (χ4n) is 2.01. The molecule has 19 heavy (non-hydrogen) atoms. The third kappa shape index (κ3) is 3.68. The van der Waals surface area contributed by atoms with E-state index in [1.54, 1.807) is 0 Å². The number of hydrogen-bond donors (Lipinski definition) is 0. The van der Waals surface area contributed by atoms with Crippen molar-refractivity contribution < 1.29 is 0 Å². The minimum Gasteiger partial charge on any atom is -0.146 e. The Kier molecular flexibility index (Phi) is 5.17. The third-order valence-electron chi connectivity index (χ3n) is 3.09. The predicted molar refractivity (Wildman–Crippen MR) is 89.6 cm³/mol. The number of thiophene rings is 2. The van der Waals surface area contributed by atoms with Gasteiger partial charge in [0.25, 0.3) is 0 Å². The van der Waals surface area contributed by atoms with Crippen molar-refractivity contribution in [2.75, 3.05) is 0 Å². The molecule has 3 aromatic rings. The van der Waals surface area contributed by atoms with Gasteiger partial charge in [-0.15, -0.1) is 22.7 Å². The van der Waals surface area contributed by atoms with Crippen molar-refractivity contribution in [3.8, 4) is 0 Å². The zero-order chi connectivity index (χ0) is 13.7. The maximum Gasteiger partial charge on any atom is 0.0374 e. The second-order valence-corrected chi connectivity index (χ2v) is 6.76. The minimum absolute atomic E-state index is 1.14. The summed E-state index contributed by atoms with van der Waals surface area (Å²) < 4.78 is 1.45. The van der Waals surface area contributed by atoms with Crippen molar-refractivity contribution in [2.24, 2.45) is 0 Å². The highest BCUT2D eigenvalue weighted by Gasteiger charge is 1.97. The normalized spacial score (nSPS) is 10.3. The van der Waals surface area contributed by atoms with Crippen LogP contribution in [0.4, 0.5) is 0 Å². The lowest BCUT2D eigenvalue weighted by molar-refractivity contribution is 1.16. The molecule has 0 aliphatic carbocycles. The topological polar surface area (TPSA) is 0 Å². The molecule has 0 aliphatic heterocycles. The van der Waals surface area contributed by atoms with Crippen LogP contribution in [0.2, 0.25) is 0 Å². The molecular formula is C17H20S2. The molecule has 0 aliphatic rings. The van der Waals surface area contributed by atoms with E-state index in [0.29, 0.717) is 0 Å². The fraction of sp³-hybridized carbons (Fsp3) is 0.294. The first-order chi connectivity index (χ1) is 9.24. The van der Waals surface area contributed by atoms with E-state index in [1.165, 1.54) is 31.8 Å². The molecule has 0 saturated carbocycles. The molecule has 2 heteroatoms. The molecule has 0 bridgehead atoms. The largest absolute Gasteiger partial charge is 0.146 e. The molecule has 0 nitrogen and oxygen atoms in total. The first-order valence-electron chi connectivity index (χ1n) is 6.75. The summed E-state index contributed by atoms with van der Waals surface area (Å²) >= 11 is 3.73. The van der Waals surface area contributed by atoms with Gasteiger partial charge in [-0.05, 0) is 54.3 Å². The molecule has 100 valence electrons. The van der Waals surface area contributed by atoms with E-state index in [4.69, 9.17) is 0 Å². The number of rotatable bonds is 2. The summed E-state index contributed by atoms with van der Waals surface area (Å²) in [6, 6.07) is 13.1. The summed E-state index contributed by atoms with van der Waals surface area (Å²) in [6.45, 7) is 6.53. The standard InChI is InChI=1S/C10H10S.C7H10S/c1-2-8-4-3-5-9-6-7-11-10(8)9;1-3-7-5-4-6(2)8-7/h3-7H,2H2,1H3;4-5H,3H2,1-2H3. The molecule has 0 radical (unpaired) electrons. The molecule has 0 N–H and O–H groups in total. The van der Waals surface area contributed by atoms with Gasteiger partial charge in [-0.3, -0.25) is 0 Å². The van der Waals surface area contributed by atoms with Crippen LogP contribution in [0.5, 0.6) is 0 Å². The summed E-state index contributed by atoms with van der Waals surface area (Å²) in [4.78, 5) is 2.91. The molecule has 1 aromatic carbocycles. The minimum atomic E-state index is 1.14. The number of benzene rings is 1. The highest BCUT2D eigenvalue weighted by Crippen LogP contribution is 2.24. The van der Waals surface area contributed by atoms with Gasteiger partial charge >= 0.3 is 0 Å². The van der Waals surface area contributed by atoms with Crippen LogP contribution in [0.25, 0.3) is 10.1 Å². The zero-order valence-corrected chi connectivity index (χ0v) is 13.4. The van der Waals surface area contributed by atoms with Gasteiger partial charge in [-0.25, -0.2) is 0 Å². The molecular weight excluding hydrogens is 268 g/mol. The Morgan fingerprint density at radius 1 is 0.947 bits per heavy atom. The van der Waals surface area contributed by atoms with E-state index < -0.39 is 0 Å². The van der Waals surface area contributed by atoms with Crippen LogP contribution >= 0.6 is 22.7 Å². The third-order valence-corrected chi connectivity index (χ3v) is 5.24. The van der Waals surface area contributed by atoms with Crippen molar-refractivity contribution in [1.29, 1.82) is 0 Å². The summed E-state index contributed by atoms with van der Waals surface area (Å²) in [6.07, 6.45) is 2.32. The van der Waals surface area contributed by atoms with Gasteiger partial charge in [0.1, 0.15) is 0 Å². The van der Waals surface area contributed by atoms with Crippen LogP contribution in [-0.4, -0.2) is 0 Å². The predicted octanol–water partition coefficient (Wildman–Crippen LogP) is 6.08. The summed E-state index contributed by atoms with van der Waals surface area (Å²) in [5.41, 5.74) is 1.47. The fourth-order valence-corrected chi connectivity index (χ4v) is 3.83. The molecule has 0 saturated heterocycles. The van der Waals surface area contributed by atoms with Gasteiger partial charge < -0.3 is 0 Å². The Morgan fingerprint density at radius 3 is 2.37 bits per heavy atom. The zero-order valence-electron chi connectivity index (χ0n) is 11.8. The van der Waals surface area contributed by atoms with E-state index in [-0.39, 0.29) is 0 Å². The lowest BCUT2D eigenvalue weighted by atomic mass is 10.1. The van der Waals surface area contributed by atoms with E-state index in [1.807, 2.05) is 22.7 Å². The van der Waals surface area contributed by atoms with Gasteiger partial charge in [-0.2, -0.15) is 0 Å². The van der Waals surface area contributed by atoms with Crippen molar-refractivity contribution >= 4 is 32.8 Å². The maximum atomic E-state index is 2.21. The Morgan fingerprint density at radius 2 is 1.79 bits per heavy atom. The van der Waals surface area contributed by atoms with Gasteiger partial charge in [0.2, 0.25) is 0 Å². The number of hydrogen-bond acceptors (Lipinski definition) is 2. The maximum absolute atomic E-state index is 2.21. The smallest absolute Gasteiger partial charge is 0.0374 e. The van der Waals surface area contributed by atoms with Gasteiger partial charge in [0, 0.05) is 14.5 Å². The average Bonchev–Trinajstić information content (AvgIpc) is 3.07. The SMILES string of the molecule is CCc1ccc(C)s1.CCc1cccc2ccsc12. The summed E-state index contributed by atoms with van der Waals surface area (Å²) in [5, 5.41) is 3.54. The Hall–Kier alpha value is -1.12. The van der Waals surface area contributed by atoms with Gasteiger partial charge in [0.05, 0.1) is 0 Å². The quantitative estimate of drug-likeness (QED) is 0.536. The van der Waals surface area contributed by atoms with Crippen LogP contribution in [0.15, 0.2) is 41.8 Å². The number of aryl methyl sites for hydroxylation is 3. The van der Waals surface area contributed by atoms with E-state index in [9.17, 15) is 0 Å². The van der Waals surface area contributed by atoms with Crippen LogP contribution < -0.4 is 0 Å². The molecule has 0 atom stereocenters. The van der Waals surface area contributed by atoms with Crippen LogP contribution in [0.3, 0.4) is 0 Å². The lowest BCUT2D eigenvalue weighted by Gasteiger charge is -1.96. The lowest BCUT2D eigenvalue weighted by Crippen LogP contribution is -1.77. The van der Waals surface area contributed by atoms with E-state index in [0.717, 1.165) is 6.42 Å². The second kappa shape index (κ2) is 6.88. The van der Waals surface area contributed by atoms with Gasteiger partial charge in [-0.1, -0.05) is 32.0 Å². The molecule has 3 rings (SSSR count). The Bertz CT molecular complexity index is 631. The van der Waals surface area contributed by atoms with Crippen LogP contribution in [0.1, 0.15) is 29.2 Å². The average molecular weight is 288 g/mol. The number of fused-ring (bicyclic) bond motifs is 1. The van der Waals surface area contributed by atoms with E-state index in [2.05, 4.69) is 62.5 Å². The van der Waals surface area contributed by atoms with Crippen LogP contribution in [0, 0.1) is 6.92 Å². The van der Waals surface area contributed by atoms with Gasteiger partial charge in [0.15, 0.2) is 0 Å². The highest BCUT2D eigenvalue weighted by molar-refractivity contribution is 7.17. The second-order valence-electron chi connectivity index (χ2n) is 4.48. The van der Waals surface area contributed by atoms with Crippen molar-refractivity contribution in [1.82, 2.24) is 0 Å².